The predicted octanol–water partition coefficient (Wildman–Crippen LogP) is 3.00. The highest BCUT2D eigenvalue weighted by atomic mass is 16.2. The van der Waals surface area contributed by atoms with E-state index in [4.69, 9.17) is 0 Å². The Morgan fingerprint density at radius 2 is 1.80 bits per heavy atom. The van der Waals surface area contributed by atoms with E-state index in [1.54, 1.807) is 0 Å². The molecule has 4 heteroatoms. The van der Waals surface area contributed by atoms with Gasteiger partial charge < -0.3 is 10.2 Å². The molecule has 2 aromatic rings. The summed E-state index contributed by atoms with van der Waals surface area (Å²) < 4.78 is 0. The molecule has 130 valence electrons. The molecule has 4 nitrogen and oxygen atoms in total. The molecule has 0 aromatic heterocycles. The number of benzene rings is 2. The van der Waals surface area contributed by atoms with E-state index in [1.165, 1.54) is 16.8 Å². The second-order valence-electron chi connectivity index (χ2n) is 6.96. The number of nitrogens with one attached hydrogen (secondary N) is 1. The van der Waals surface area contributed by atoms with E-state index >= 15 is 0 Å². The number of nitrogens with zero attached hydrogens (tertiary/aromatic N) is 2. The predicted molar refractivity (Wildman–Crippen MR) is 101 cm³/mol. The Bertz CT molecular complexity index is 736. The first-order chi connectivity index (χ1) is 12.3. The Balaban J connectivity index is 1.36. The lowest BCUT2D eigenvalue weighted by atomic mass is 10.00. The normalized spacial score (nSPS) is 17.7. The number of piperazine rings is 1. The largest absolute Gasteiger partial charge is 0.385 e. The molecule has 1 saturated heterocycles. The minimum absolute atomic E-state index is 0.174. The summed E-state index contributed by atoms with van der Waals surface area (Å²) in [4.78, 5) is 17.3. The Labute approximate surface area is 149 Å². The van der Waals surface area contributed by atoms with Crippen LogP contribution < -0.4 is 5.32 Å². The average molecular weight is 335 g/mol. The number of carbonyl (C=O) groups is 1. The van der Waals surface area contributed by atoms with Crippen LogP contribution in [0.2, 0.25) is 0 Å². The van der Waals surface area contributed by atoms with Crippen LogP contribution in [0, 0.1) is 0 Å². The van der Waals surface area contributed by atoms with Crippen molar-refractivity contribution < 1.29 is 4.79 Å². The monoisotopic (exact) mass is 335 g/mol. The fourth-order valence-corrected chi connectivity index (χ4v) is 3.74. The van der Waals surface area contributed by atoms with Crippen LogP contribution in [-0.4, -0.2) is 48.4 Å². The number of aryl methyl sites for hydroxylation is 1. The van der Waals surface area contributed by atoms with Gasteiger partial charge in [-0.3, -0.25) is 9.69 Å². The third kappa shape index (κ3) is 3.69. The molecule has 2 aromatic carbocycles. The van der Waals surface area contributed by atoms with Crippen molar-refractivity contribution in [2.45, 2.75) is 19.4 Å². The van der Waals surface area contributed by atoms with Gasteiger partial charge in [0.05, 0.1) is 0 Å². The standard InChI is InChI=1S/C21H25N3O/c25-21(19-8-9-20-18(15-19)7-4-10-22-20)24-13-11-23(12-14-24)16-17-5-2-1-3-6-17/h1-3,5-6,8-9,15,22H,4,7,10-14,16H2. The molecule has 0 aliphatic carbocycles. The van der Waals surface area contributed by atoms with Gasteiger partial charge in [0.1, 0.15) is 0 Å². The lowest BCUT2D eigenvalue weighted by Gasteiger charge is -2.35. The number of hydrogen-bond donors (Lipinski definition) is 1. The molecule has 1 N–H and O–H groups in total. The third-order valence-corrected chi connectivity index (χ3v) is 5.20. The van der Waals surface area contributed by atoms with E-state index in [0.717, 1.165) is 57.7 Å². The van der Waals surface area contributed by atoms with Crippen molar-refractivity contribution in [3.8, 4) is 0 Å². The first kappa shape index (κ1) is 16.2. The van der Waals surface area contributed by atoms with Crippen molar-refractivity contribution in [1.82, 2.24) is 9.80 Å². The fraction of sp³-hybridized carbons (Fsp3) is 0.381. The molecule has 1 amide bonds. The Hall–Kier alpha value is -2.33. The number of carbonyl (C=O) groups excluding carboxylic acids is 1. The second kappa shape index (κ2) is 7.28. The van der Waals surface area contributed by atoms with Crippen LogP contribution in [0.5, 0.6) is 0 Å². The van der Waals surface area contributed by atoms with Crippen LogP contribution >= 0.6 is 0 Å². The molecule has 2 aliphatic heterocycles. The van der Waals surface area contributed by atoms with Gasteiger partial charge >= 0.3 is 0 Å². The second-order valence-corrected chi connectivity index (χ2v) is 6.96. The molecule has 0 radical (unpaired) electrons. The molecular formula is C21H25N3O. The Morgan fingerprint density at radius 3 is 2.60 bits per heavy atom. The summed E-state index contributed by atoms with van der Waals surface area (Å²) in [6, 6.07) is 16.7. The minimum Gasteiger partial charge on any atom is -0.385 e. The highest BCUT2D eigenvalue weighted by molar-refractivity contribution is 5.95. The van der Waals surface area contributed by atoms with Gasteiger partial charge in [-0.05, 0) is 42.2 Å². The van der Waals surface area contributed by atoms with Crippen LogP contribution in [0.1, 0.15) is 27.9 Å². The number of hydrogen-bond acceptors (Lipinski definition) is 3. The van der Waals surface area contributed by atoms with Gasteiger partial charge in [-0.15, -0.1) is 0 Å². The van der Waals surface area contributed by atoms with Crippen molar-refractivity contribution in [1.29, 1.82) is 0 Å². The van der Waals surface area contributed by atoms with E-state index in [-0.39, 0.29) is 5.91 Å². The summed E-state index contributed by atoms with van der Waals surface area (Å²) in [5, 5.41) is 3.41. The molecule has 0 bridgehead atoms. The lowest BCUT2D eigenvalue weighted by Crippen LogP contribution is -2.48. The summed E-state index contributed by atoms with van der Waals surface area (Å²) in [5.41, 5.74) is 4.64. The first-order valence-electron chi connectivity index (χ1n) is 9.22. The third-order valence-electron chi connectivity index (χ3n) is 5.20. The summed E-state index contributed by atoms with van der Waals surface area (Å²) in [6.45, 7) is 5.49. The highest BCUT2D eigenvalue weighted by Gasteiger charge is 2.23. The van der Waals surface area contributed by atoms with Crippen molar-refractivity contribution >= 4 is 11.6 Å². The van der Waals surface area contributed by atoms with Crippen molar-refractivity contribution in [3.63, 3.8) is 0 Å². The van der Waals surface area contributed by atoms with Gasteiger partial charge in [0.2, 0.25) is 0 Å². The number of anilines is 1. The van der Waals surface area contributed by atoms with Crippen LogP contribution in [0.3, 0.4) is 0 Å². The molecule has 0 spiro atoms. The van der Waals surface area contributed by atoms with E-state index in [0.29, 0.717) is 0 Å². The van der Waals surface area contributed by atoms with Crippen LogP contribution in [0.15, 0.2) is 48.5 Å². The van der Waals surface area contributed by atoms with Crippen molar-refractivity contribution in [3.05, 3.63) is 65.2 Å². The van der Waals surface area contributed by atoms with Gasteiger partial charge in [0.25, 0.3) is 5.91 Å². The van der Waals surface area contributed by atoms with Gasteiger partial charge in [0, 0.05) is 50.5 Å². The van der Waals surface area contributed by atoms with E-state index in [1.807, 2.05) is 17.0 Å². The lowest BCUT2D eigenvalue weighted by molar-refractivity contribution is 0.0628. The highest BCUT2D eigenvalue weighted by Crippen LogP contribution is 2.24. The van der Waals surface area contributed by atoms with E-state index < -0.39 is 0 Å². The SMILES string of the molecule is O=C(c1ccc2c(c1)CCCN2)N1CCN(Cc2ccccc2)CC1. The van der Waals surface area contributed by atoms with Gasteiger partial charge in [-0.2, -0.15) is 0 Å². The first-order valence-corrected chi connectivity index (χ1v) is 9.22. The minimum atomic E-state index is 0.174. The molecule has 0 unspecified atom stereocenters. The van der Waals surface area contributed by atoms with Crippen LogP contribution in [0.25, 0.3) is 0 Å². The zero-order valence-electron chi connectivity index (χ0n) is 14.6. The number of amides is 1. The zero-order chi connectivity index (χ0) is 17.1. The number of rotatable bonds is 3. The zero-order valence-corrected chi connectivity index (χ0v) is 14.6. The van der Waals surface area contributed by atoms with E-state index in [9.17, 15) is 4.79 Å². The molecular weight excluding hydrogens is 310 g/mol. The van der Waals surface area contributed by atoms with Gasteiger partial charge in [0.15, 0.2) is 0 Å². The maximum absolute atomic E-state index is 12.8. The summed E-state index contributed by atoms with van der Waals surface area (Å²) in [6.07, 6.45) is 2.21. The molecule has 2 heterocycles. The van der Waals surface area contributed by atoms with Crippen molar-refractivity contribution in [2.24, 2.45) is 0 Å². The topological polar surface area (TPSA) is 35.6 Å². The molecule has 25 heavy (non-hydrogen) atoms. The Morgan fingerprint density at radius 1 is 1.00 bits per heavy atom. The maximum Gasteiger partial charge on any atom is 0.253 e. The molecule has 4 rings (SSSR count). The van der Waals surface area contributed by atoms with E-state index in [2.05, 4.69) is 46.6 Å². The fourth-order valence-electron chi connectivity index (χ4n) is 3.74. The summed E-state index contributed by atoms with van der Waals surface area (Å²) in [5.74, 6) is 0.174. The molecule has 1 fully saturated rings. The van der Waals surface area contributed by atoms with Crippen LogP contribution in [-0.2, 0) is 13.0 Å². The quantitative estimate of drug-likeness (QED) is 0.937. The summed E-state index contributed by atoms with van der Waals surface area (Å²) in [7, 11) is 0. The summed E-state index contributed by atoms with van der Waals surface area (Å²) >= 11 is 0. The Kier molecular flexibility index (Phi) is 4.70. The smallest absolute Gasteiger partial charge is 0.253 e. The van der Waals surface area contributed by atoms with Crippen molar-refractivity contribution in [2.75, 3.05) is 38.0 Å². The maximum atomic E-state index is 12.8. The average Bonchev–Trinajstić information content (AvgIpc) is 2.68. The van der Waals surface area contributed by atoms with Gasteiger partial charge in [-0.1, -0.05) is 30.3 Å². The van der Waals surface area contributed by atoms with Crippen LogP contribution in [0.4, 0.5) is 5.69 Å². The molecule has 0 atom stereocenters. The molecule has 0 saturated carbocycles. The number of fused-ring (bicyclic) bond motifs is 1. The van der Waals surface area contributed by atoms with Gasteiger partial charge in [-0.25, -0.2) is 0 Å². The molecule has 2 aliphatic rings.